The fraction of sp³-hybridized carbons (Fsp3) is 0.824. The highest BCUT2D eigenvalue weighted by Gasteiger charge is 2.51. The quantitative estimate of drug-likeness (QED) is 0.918. The molecule has 0 unspecified atom stereocenters. The molecule has 4 bridgehead atoms. The van der Waals surface area contributed by atoms with E-state index in [9.17, 15) is 0 Å². The normalized spacial score (nSPS) is 38.6. The van der Waals surface area contributed by atoms with E-state index in [1.807, 2.05) is 11.7 Å². The molecule has 0 aliphatic heterocycles. The Morgan fingerprint density at radius 1 is 1.15 bits per heavy atom. The second-order valence-electron chi connectivity index (χ2n) is 7.88. The van der Waals surface area contributed by atoms with Crippen molar-refractivity contribution >= 4 is 5.82 Å². The van der Waals surface area contributed by atoms with Crippen molar-refractivity contribution in [3.63, 3.8) is 0 Å². The van der Waals surface area contributed by atoms with Gasteiger partial charge in [0.05, 0.1) is 5.69 Å². The van der Waals surface area contributed by atoms with Crippen LogP contribution >= 0.6 is 0 Å². The number of aromatic nitrogens is 2. The maximum atomic E-state index is 6.31. The van der Waals surface area contributed by atoms with E-state index < -0.39 is 0 Å². The zero-order valence-corrected chi connectivity index (χ0v) is 12.9. The number of hydrogen-bond donors (Lipinski definition) is 1. The smallest absolute Gasteiger partial charge is 0.124 e. The Bertz CT molecular complexity index is 493. The predicted molar refractivity (Wildman–Crippen MR) is 81.3 cm³/mol. The standard InChI is InChI=1S/C17H27N3/c1-3-15-14(16(18)20(2)19-15)10-17-7-11-4-12(8-17)6-13(5-11)9-17/h11-13H,3-10,18H2,1-2H3. The highest BCUT2D eigenvalue weighted by atomic mass is 15.3. The molecular formula is C17H27N3. The molecule has 1 aromatic heterocycles. The van der Waals surface area contributed by atoms with Crippen LogP contribution in [0.5, 0.6) is 0 Å². The van der Waals surface area contributed by atoms with Crippen LogP contribution < -0.4 is 5.73 Å². The van der Waals surface area contributed by atoms with Crippen LogP contribution in [-0.4, -0.2) is 9.78 Å². The number of anilines is 1. The summed E-state index contributed by atoms with van der Waals surface area (Å²) in [5.74, 6) is 3.97. The van der Waals surface area contributed by atoms with Crippen molar-refractivity contribution in [2.24, 2.45) is 30.2 Å². The zero-order valence-electron chi connectivity index (χ0n) is 12.9. The van der Waals surface area contributed by atoms with Gasteiger partial charge >= 0.3 is 0 Å². The Labute approximate surface area is 121 Å². The van der Waals surface area contributed by atoms with Crippen LogP contribution in [0.3, 0.4) is 0 Å². The lowest BCUT2D eigenvalue weighted by Gasteiger charge is -2.57. The number of nitrogens with zero attached hydrogens (tertiary/aromatic N) is 2. The lowest BCUT2D eigenvalue weighted by atomic mass is 9.48. The van der Waals surface area contributed by atoms with Gasteiger partial charge in [-0.2, -0.15) is 5.10 Å². The Kier molecular flexibility index (Phi) is 2.71. The minimum atomic E-state index is 0.565. The van der Waals surface area contributed by atoms with Crippen molar-refractivity contribution < 1.29 is 0 Å². The molecule has 3 heteroatoms. The van der Waals surface area contributed by atoms with Crippen LogP contribution in [0, 0.1) is 23.2 Å². The Balaban J connectivity index is 1.66. The van der Waals surface area contributed by atoms with Gasteiger partial charge in [-0.3, -0.25) is 4.68 Å². The summed E-state index contributed by atoms with van der Waals surface area (Å²) in [7, 11) is 1.98. The second-order valence-corrected chi connectivity index (χ2v) is 7.88. The molecule has 20 heavy (non-hydrogen) atoms. The summed E-state index contributed by atoms with van der Waals surface area (Å²) in [4.78, 5) is 0. The molecule has 4 fully saturated rings. The minimum Gasteiger partial charge on any atom is -0.384 e. The van der Waals surface area contributed by atoms with Crippen molar-refractivity contribution in [1.29, 1.82) is 0 Å². The molecule has 110 valence electrons. The number of nitrogens with two attached hydrogens (primary N) is 1. The molecule has 4 aliphatic rings. The third kappa shape index (κ3) is 1.82. The van der Waals surface area contributed by atoms with Crippen molar-refractivity contribution in [3.8, 4) is 0 Å². The van der Waals surface area contributed by atoms with E-state index in [0.29, 0.717) is 5.41 Å². The first-order chi connectivity index (χ1) is 9.58. The molecular weight excluding hydrogens is 246 g/mol. The third-order valence-corrected chi connectivity index (χ3v) is 6.33. The fourth-order valence-electron chi connectivity index (χ4n) is 6.00. The highest BCUT2D eigenvalue weighted by Crippen LogP contribution is 2.61. The van der Waals surface area contributed by atoms with E-state index in [2.05, 4.69) is 12.0 Å². The molecule has 0 aromatic carbocycles. The summed E-state index contributed by atoms with van der Waals surface area (Å²) in [5.41, 5.74) is 9.48. The van der Waals surface area contributed by atoms with E-state index in [1.54, 1.807) is 0 Å². The van der Waals surface area contributed by atoms with Gasteiger partial charge in [-0.15, -0.1) is 0 Å². The Morgan fingerprint density at radius 2 is 1.70 bits per heavy atom. The van der Waals surface area contributed by atoms with Crippen LogP contribution in [0.1, 0.15) is 56.7 Å². The second kappa shape index (κ2) is 4.25. The van der Waals surface area contributed by atoms with E-state index in [-0.39, 0.29) is 0 Å². The Morgan fingerprint density at radius 3 is 2.20 bits per heavy atom. The maximum absolute atomic E-state index is 6.31. The van der Waals surface area contributed by atoms with Gasteiger partial charge < -0.3 is 5.73 Å². The summed E-state index contributed by atoms with van der Waals surface area (Å²) >= 11 is 0. The molecule has 0 atom stereocenters. The van der Waals surface area contributed by atoms with Crippen molar-refractivity contribution in [1.82, 2.24) is 9.78 Å². The average Bonchev–Trinajstić information content (AvgIpc) is 2.64. The molecule has 1 aromatic rings. The van der Waals surface area contributed by atoms with Gasteiger partial charge in [0.1, 0.15) is 5.82 Å². The van der Waals surface area contributed by atoms with Gasteiger partial charge in [0.25, 0.3) is 0 Å². The molecule has 0 spiro atoms. The lowest BCUT2D eigenvalue weighted by Crippen LogP contribution is -2.47. The predicted octanol–water partition coefficient (Wildman–Crippen LogP) is 3.32. The SMILES string of the molecule is CCc1nn(C)c(N)c1CC12CC3CC(CC(C3)C1)C2. The molecule has 4 aliphatic carbocycles. The summed E-state index contributed by atoms with van der Waals surface area (Å²) in [5, 5.41) is 4.62. The highest BCUT2D eigenvalue weighted by molar-refractivity contribution is 5.44. The molecule has 0 amide bonds. The molecule has 4 saturated carbocycles. The number of aryl methyl sites for hydroxylation is 2. The third-order valence-electron chi connectivity index (χ3n) is 6.33. The number of nitrogen functional groups attached to an aromatic ring is 1. The van der Waals surface area contributed by atoms with Gasteiger partial charge in [0, 0.05) is 12.6 Å². The van der Waals surface area contributed by atoms with Crippen LogP contribution in [0.15, 0.2) is 0 Å². The molecule has 0 radical (unpaired) electrons. The Hall–Kier alpha value is -0.990. The summed E-state index contributed by atoms with van der Waals surface area (Å²) in [6.45, 7) is 2.20. The monoisotopic (exact) mass is 273 g/mol. The van der Waals surface area contributed by atoms with Gasteiger partial charge in [-0.05, 0) is 74.5 Å². The minimum absolute atomic E-state index is 0.565. The maximum Gasteiger partial charge on any atom is 0.124 e. The molecule has 5 rings (SSSR count). The molecule has 2 N–H and O–H groups in total. The summed E-state index contributed by atoms with van der Waals surface area (Å²) < 4.78 is 1.88. The first-order valence-corrected chi connectivity index (χ1v) is 8.39. The van der Waals surface area contributed by atoms with Crippen molar-refractivity contribution in [3.05, 3.63) is 11.3 Å². The van der Waals surface area contributed by atoms with Crippen molar-refractivity contribution in [2.75, 3.05) is 5.73 Å². The molecule has 0 saturated heterocycles. The van der Waals surface area contributed by atoms with Gasteiger partial charge in [0.2, 0.25) is 0 Å². The largest absolute Gasteiger partial charge is 0.384 e. The first-order valence-electron chi connectivity index (χ1n) is 8.39. The van der Waals surface area contributed by atoms with Crippen LogP contribution in [0.25, 0.3) is 0 Å². The fourth-order valence-corrected chi connectivity index (χ4v) is 6.00. The first kappa shape index (κ1) is 12.7. The summed E-state index contributed by atoms with van der Waals surface area (Å²) in [6, 6.07) is 0. The van der Waals surface area contributed by atoms with Crippen LogP contribution in [-0.2, 0) is 19.9 Å². The van der Waals surface area contributed by atoms with Crippen molar-refractivity contribution in [2.45, 2.75) is 58.3 Å². The van der Waals surface area contributed by atoms with E-state index in [0.717, 1.165) is 30.0 Å². The van der Waals surface area contributed by atoms with Gasteiger partial charge in [0.15, 0.2) is 0 Å². The van der Waals surface area contributed by atoms with Crippen LogP contribution in [0.2, 0.25) is 0 Å². The van der Waals surface area contributed by atoms with Gasteiger partial charge in [-0.25, -0.2) is 0 Å². The lowest BCUT2D eigenvalue weighted by molar-refractivity contribution is -0.0521. The number of rotatable bonds is 3. The van der Waals surface area contributed by atoms with Gasteiger partial charge in [-0.1, -0.05) is 6.92 Å². The zero-order chi connectivity index (χ0) is 13.9. The molecule has 1 heterocycles. The van der Waals surface area contributed by atoms with E-state index >= 15 is 0 Å². The van der Waals surface area contributed by atoms with E-state index in [4.69, 9.17) is 5.73 Å². The van der Waals surface area contributed by atoms with E-state index in [1.165, 1.54) is 56.2 Å². The topological polar surface area (TPSA) is 43.8 Å². The molecule has 3 nitrogen and oxygen atoms in total. The van der Waals surface area contributed by atoms with Crippen LogP contribution in [0.4, 0.5) is 5.82 Å². The summed E-state index contributed by atoms with van der Waals surface area (Å²) in [6.07, 6.45) is 11.1. The average molecular weight is 273 g/mol. The number of hydrogen-bond acceptors (Lipinski definition) is 2.